The van der Waals surface area contributed by atoms with Gasteiger partial charge in [-0.3, -0.25) is 0 Å². The van der Waals surface area contributed by atoms with Gasteiger partial charge >= 0.3 is 12.2 Å². The second-order valence-electron chi connectivity index (χ2n) is 10.8. The van der Waals surface area contributed by atoms with E-state index in [4.69, 9.17) is 9.72 Å². The zero-order valence-corrected chi connectivity index (χ0v) is 21.1. The minimum atomic E-state index is -4.22. The number of amides is 2. The minimum absolute atomic E-state index is 0.0288. The van der Waals surface area contributed by atoms with Crippen molar-refractivity contribution in [1.82, 2.24) is 9.88 Å². The van der Waals surface area contributed by atoms with Crippen molar-refractivity contribution < 1.29 is 27.8 Å². The molecule has 0 radical (unpaired) electrons. The van der Waals surface area contributed by atoms with Crippen LogP contribution in [0.25, 0.3) is 11.1 Å². The molecule has 4 atom stereocenters. The zero-order valence-electron chi connectivity index (χ0n) is 21.1. The second kappa shape index (κ2) is 9.79. The average molecular weight is 519 g/mol. The molecule has 2 aliphatic heterocycles. The SMILES string of the molecule is Cc1ccc(NC(=O)N2CC[C@@H](CC(F)(F)F)C2)cc1-c1cc(N[C@H](C)CO)nc(C23COCC2C3)c1. The van der Waals surface area contributed by atoms with Crippen molar-refractivity contribution in [1.29, 1.82) is 0 Å². The number of ether oxygens (including phenoxy) is 1. The van der Waals surface area contributed by atoms with Crippen LogP contribution in [0.5, 0.6) is 0 Å². The number of carbonyl (C=O) groups is 1. The van der Waals surface area contributed by atoms with E-state index in [1.807, 2.05) is 32.0 Å². The topological polar surface area (TPSA) is 86.7 Å². The number of halogens is 3. The lowest BCUT2D eigenvalue weighted by molar-refractivity contribution is -0.143. The fraction of sp³-hybridized carbons (Fsp3) is 0.556. The fourth-order valence-corrected chi connectivity index (χ4v) is 5.58. The van der Waals surface area contributed by atoms with Crippen molar-refractivity contribution in [2.45, 2.75) is 50.7 Å². The lowest BCUT2D eigenvalue weighted by atomic mass is 9.95. The number of anilines is 2. The number of nitrogens with zero attached hydrogens (tertiary/aromatic N) is 2. The highest BCUT2D eigenvalue weighted by Crippen LogP contribution is 2.58. The highest BCUT2D eigenvalue weighted by atomic mass is 19.4. The molecule has 2 aromatic rings. The van der Waals surface area contributed by atoms with E-state index in [2.05, 4.69) is 16.7 Å². The van der Waals surface area contributed by atoms with Crippen LogP contribution in [0.3, 0.4) is 0 Å². The Morgan fingerprint density at radius 1 is 1.32 bits per heavy atom. The molecule has 3 fully saturated rings. The normalized spacial score (nSPS) is 25.6. The number of alkyl halides is 3. The first-order valence-corrected chi connectivity index (χ1v) is 12.8. The van der Waals surface area contributed by atoms with E-state index in [-0.39, 0.29) is 24.6 Å². The number of benzene rings is 1. The molecular weight excluding hydrogens is 485 g/mol. The van der Waals surface area contributed by atoms with Gasteiger partial charge in [0.1, 0.15) is 5.82 Å². The smallest absolute Gasteiger partial charge is 0.389 e. The van der Waals surface area contributed by atoms with Gasteiger partial charge in [0.05, 0.1) is 25.5 Å². The van der Waals surface area contributed by atoms with Crippen molar-refractivity contribution in [3.63, 3.8) is 0 Å². The van der Waals surface area contributed by atoms with Crippen LogP contribution >= 0.6 is 0 Å². The molecule has 1 aromatic carbocycles. The fourth-order valence-electron chi connectivity index (χ4n) is 5.58. The van der Waals surface area contributed by atoms with E-state index >= 15 is 0 Å². The van der Waals surface area contributed by atoms with Gasteiger partial charge in [-0.15, -0.1) is 0 Å². The maximum absolute atomic E-state index is 12.8. The van der Waals surface area contributed by atoms with Crippen LogP contribution in [0.4, 0.5) is 29.5 Å². The van der Waals surface area contributed by atoms with E-state index in [1.165, 1.54) is 4.90 Å². The standard InChI is InChI=1S/C27H33F3N4O3/c1-16-3-4-21(32-25(36)34-6-5-18(12-34)10-27(28,29)30)9-22(16)19-7-23(26-11-20(26)14-37-15-26)33-24(8-19)31-17(2)13-35/h3-4,7-9,17-18,20,35H,5-6,10-15H2,1-2H3,(H,31,33)(H,32,36)/t17-,18+,20?,26?/m1/s1. The molecule has 1 aromatic heterocycles. The van der Waals surface area contributed by atoms with Gasteiger partial charge in [0, 0.05) is 36.7 Å². The predicted octanol–water partition coefficient (Wildman–Crippen LogP) is 4.94. The lowest BCUT2D eigenvalue weighted by Crippen LogP contribution is -2.33. The Morgan fingerprint density at radius 2 is 2.14 bits per heavy atom. The molecule has 1 aliphatic carbocycles. The number of urea groups is 1. The Labute approximate surface area is 214 Å². The number of aliphatic hydroxyl groups excluding tert-OH is 1. The summed E-state index contributed by atoms with van der Waals surface area (Å²) in [5.74, 6) is 0.571. The van der Waals surface area contributed by atoms with Crippen LogP contribution in [0, 0.1) is 18.8 Å². The number of rotatable bonds is 7. The van der Waals surface area contributed by atoms with Gasteiger partial charge in [-0.25, -0.2) is 9.78 Å². The Bertz CT molecular complexity index is 1170. The Balaban J connectivity index is 1.38. The van der Waals surface area contributed by atoms with Gasteiger partial charge in [-0.05, 0) is 79.5 Å². The largest absolute Gasteiger partial charge is 0.394 e. The van der Waals surface area contributed by atoms with Crippen LogP contribution in [0.2, 0.25) is 0 Å². The molecular formula is C27H33F3N4O3. The highest BCUT2D eigenvalue weighted by molar-refractivity contribution is 5.90. The monoisotopic (exact) mass is 518 g/mol. The van der Waals surface area contributed by atoms with Gasteiger partial charge in [0.25, 0.3) is 0 Å². The van der Waals surface area contributed by atoms with Crippen molar-refractivity contribution in [3.8, 4) is 11.1 Å². The number of aromatic nitrogens is 1. The van der Waals surface area contributed by atoms with Crippen molar-refractivity contribution in [2.24, 2.45) is 11.8 Å². The van der Waals surface area contributed by atoms with Crippen molar-refractivity contribution in [2.75, 3.05) is 43.5 Å². The molecule has 3 heterocycles. The highest BCUT2D eigenvalue weighted by Gasteiger charge is 2.60. The first-order valence-electron chi connectivity index (χ1n) is 12.8. The maximum Gasteiger partial charge on any atom is 0.389 e. The van der Waals surface area contributed by atoms with Gasteiger partial charge in [0.2, 0.25) is 0 Å². The second-order valence-corrected chi connectivity index (χ2v) is 10.8. The van der Waals surface area contributed by atoms with Gasteiger partial charge in [0.15, 0.2) is 0 Å². The summed E-state index contributed by atoms with van der Waals surface area (Å²) in [6, 6.07) is 9.07. The summed E-state index contributed by atoms with van der Waals surface area (Å²) in [4.78, 5) is 19.1. The number of likely N-dealkylation sites (tertiary alicyclic amines) is 1. The minimum Gasteiger partial charge on any atom is -0.394 e. The van der Waals surface area contributed by atoms with E-state index < -0.39 is 24.5 Å². The van der Waals surface area contributed by atoms with Gasteiger partial charge in [-0.2, -0.15) is 13.2 Å². The van der Waals surface area contributed by atoms with Gasteiger partial charge in [-0.1, -0.05) is 6.07 Å². The number of nitrogens with one attached hydrogen (secondary N) is 2. The van der Waals surface area contributed by atoms with E-state index in [0.29, 0.717) is 37.0 Å². The lowest BCUT2D eigenvalue weighted by Gasteiger charge is -2.20. The van der Waals surface area contributed by atoms with Crippen molar-refractivity contribution >= 4 is 17.5 Å². The summed E-state index contributed by atoms with van der Waals surface area (Å²) in [7, 11) is 0. The summed E-state index contributed by atoms with van der Waals surface area (Å²) in [5.41, 5.74) is 4.33. The van der Waals surface area contributed by atoms with Gasteiger partial charge < -0.3 is 25.4 Å². The van der Waals surface area contributed by atoms with Crippen LogP contribution in [-0.2, 0) is 10.2 Å². The number of hydrogen-bond acceptors (Lipinski definition) is 5. The van der Waals surface area contributed by atoms with Crippen LogP contribution in [0.1, 0.15) is 37.4 Å². The number of aliphatic hydroxyl groups is 1. The molecule has 1 saturated carbocycles. The molecule has 0 spiro atoms. The number of fused-ring (bicyclic) bond motifs is 1. The Kier molecular flexibility index (Phi) is 6.83. The summed E-state index contributed by atoms with van der Waals surface area (Å²) >= 11 is 0. The molecule has 200 valence electrons. The average Bonchev–Trinajstić information content (AvgIpc) is 3.14. The predicted molar refractivity (Wildman–Crippen MR) is 135 cm³/mol. The Hall–Kier alpha value is -2.85. The molecule has 5 rings (SSSR count). The third-order valence-electron chi connectivity index (χ3n) is 7.81. The molecule has 2 amide bonds. The Morgan fingerprint density at radius 3 is 2.81 bits per heavy atom. The van der Waals surface area contributed by atoms with E-state index in [9.17, 15) is 23.1 Å². The number of aryl methyl sites for hydroxylation is 1. The summed E-state index contributed by atoms with van der Waals surface area (Å²) < 4.78 is 44.0. The van der Waals surface area contributed by atoms with Crippen LogP contribution in [-0.4, -0.2) is 66.1 Å². The molecule has 7 nitrogen and oxygen atoms in total. The molecule has 3 N–H and O–H groups in total. The van der Waals surface area contributed by atoms with Crippen LogP contribution < -0.4 is 10.6 Å². The number of carbonyl (C=O) groups excluding carboxylic acids is 1. The van der Waals surface area contributed by atoms with E-state index in [1.54, 1.807) is 6.07 Å². The third-order valence-corrected chi connectivity index (χ3v) is 7.81. The van der Waals surface area contributed by atoms with E-state index in [0.717, 1.165) is 35.4 Å². The quantitative estimate of drug-likeness (QED) is 0.483. The first kappa shape index (κ1) is 25.8. The summed E-state index contributed by atoms with van der Waals surface area (Å²) in [5, 5.41) is 15.7. The number of hydrogen-bond donors (Lipinski definition) is 3. The molecule has 0 bridgehead atoms. The summed E-state index contributed by atoms with van der Waals surface area (Å²) in [6.45, 7) is 5.63. The van der Waals surface area contributed by atoms with Crippen LogP contribution in [0.15, 0.2) is 30.3 Å². The zero-order chi connectivity index (χ0) is 26.4. The molecule has 10 heteroatoms. The molecule has 2 saturated heterocycles. The number of pyridine rings is 1. The van der Waals surface area contributed by atoms with Crippen molar-refractivity contribution in [3.05, 3.63) is 41.6 Å². The third kappa shape index (κ3) is 5.55. The molecule has 37 heavy (non-hydrogen) atoms. The first-order chi connectivity index (χ1) is 17.6. The maximum atomic E-state index is 12.8. The molecule has 3 aliphatic rings. The molecule has 2 unspecified atom stereocenters. The summed E-state index contributed by atoms with van der Waals surface area (Å²) in [6.07, 6.45) is -3.70.